The lowest BCUT2D eigenvalue weighted by Crippen LogP contribution is -2.21. The molecule has 27 heavy (non-hydrogen) atoms. The van der Waals surface area contributed by atoms with E-state index in [0.717, 1.165) is 0 Å². The van der Waals surface area contributed by atoms with Crippen LogP contribution in [0.5, 0.6) is 5.75 Å². The van der Waals surface area contributed by atoms with Crippen LogP contribution < -0.4 is 15.4 Å². The van der Waals surface area contributed by atoms with Crippen molar-refractivity contribution in [2.24, 2.45) is 0 Å². The zero-order valence-electron chi connectivity index (χ0n) is 14.3. The van der Waals surface area contributed by atoms with Gasteiger partial charge in [-0.15, -0.1) is 0 Å². The van der Waals surface area contributed by atoms with Gasteiger partial charge in [-0.2, -0.15) is 0 Å². The molecule has 0 fully saturated rings. The number of carbonyl (C=O) groups is 3. The third-order valence-corrected chi connectivity index (χ3v) is 3.85. The highest BCUT2D eigenvalue weighted by Crippen LogP contribution is 2.28. The van der Waals surface area contributed by atoms with Crippen LogP contribution in [0.25, 0.3) is 0 Å². The molecule has 0 aliphatic heterocycles. The fourth-order valence-corrected chi connectivity index (χ4v) is 2.29. The number of pyridine rings is 1. The molecule has 0 aliphatic rings. The Kier molecular flexibility index (Phi) is 6.98. The number of carbonyl (C=O) groups excluding carboxylic acids is 3. The van der Waals surface area contributed by atoms with E-state index in [4.69, 9.17) is 32.7 Å². The van der Waals surface area contributed by atoms with E-state index in [1.54, 1.807) is 12.1 Å². The second kappa shape index (κ2) is 9.20. The number of nitrogens with zero attached hydrogens (tertiary/aromatic N) is 1. The van der Waals surface area contributed by atoms with Gasteiger partial charge in [0.25, 0.3) is 5.91 Å². The molecule has 8 nitrogen and oxygen atoms in total. The van der Waals surface area contributed by atoms with Crippen molar-refractivity contribution < 1.29 is 23.9 Å². The smallest absolute Gasteiger partial charge is 0.340 e. The van der Waals surface area contributed by atoms with Gasteiger partial charge in [0, 0.05) is 18.8 Å². The van der Waals surface area contributed by atoms with Gasteiger partial charge < -0.3 is 20.1 Å². The van der Waals surface area contributed by atoms with Gasteiger partial charge in [0.15, 0.2) is 6.61 Å². The summed E-state index contributed by atoms with van der Waals surface area (Å²) in [7, 11) is 1.43. The molecule has 2 N–H and O–H groups in total. The van der Waals surface area contributed by atoms with Crippen molar-refractivity contribution in [3.8, 4) is 5.75 Å². The Morgan fingerprint density at radius 1 is 1.15 bits per heavy atom. The summed E-state index contributed by atoms with van der Waals surface area (Å²) in [5.41, 5.74) is 0.834. The number of hydrogen-bond donors (Lipinski definition) is 2. The highest BCUT2D eigenvalue weighted by Gasteiger charge is 2.14. The van der Waals surface area contributed by atoms with Gasteiger partial charge in [-0.05, 0) is 24.3 Å². The van der Waals surface area contributed by atoms with E-state index >= 15 is 0 Å². The SMILES string of the molecule is COc1ccc(NC(C)=O)cc1NC(=O)COC(=O)c1cnc(Cl)c(Cl)c1. The summed E-state index contributed by atoms with van der Waals surface area (Å²) in [6.07, 6.45) is 1.19. The van der Waals surface area contributed by atoms with E-state index < -0.39 is 18.5 Å². The van der Waals surface area contributed by atoms with Crippen molar-refractivity contribution in [2.75, 3.05) is 24.4 Å². The predicted molar refractivity (Wildman–Crippen MR) is 100 cm³/mol. The van der Waals surface area contributed by atoms with Crippen LogP contribution >= 0.6 is 23.2 Å². The zero-order valence-corrected chi connectivity index (χ0v) is 15.9. The predicted octanol–water partition coefficient (Wildman–Crippen LogP) is 3.15. The number of ether oxygens (including phenoxy) is 2. The molecular formula is C17H15Cl2N3O5. The van der Waals surface area contributed by atoms with Gasteiger partial charge in [-0.25, -0.2) is 9.78 Å². The number of anilines is 2. The maximum Gasteiger partial charge on any atom is 0.340 e. The highest BCUT2D eigenvalue weighted by atomic mass is 35.5. The van der Waals surface area contributed by atoms with Crippen molar-refractivity contribution in [2.45, 2.75) is 6.92 Å². The van der Waals surface area contributed by atoms with Crippen LogP contribution in [0, 0.1) is 0 Å². The fourth-order valence-electron chi connectivity index (χ4n) is 2.02. The number of nitrogens with one attached hydrogen (secondary N) is 2. The third kappa shape index (κ3) is 5.83. The summed E-state index contributed by atoms with van der Waals surface area (Å²) >= 11 is 11.5. The van der Waals surface area contributed by atoms with Gasteiger partial charge in [-0.1, -0.05) is 23.2 Å². The van der Waals surface area contributed by atoms with Crippen LogP contribution in [-0.4, -0.2) is 36.5 Å². The molecule has 2 aromatic rings. The summed E-state index contributed by atoms with van der Waals surface area (Å²) in [5, 5.41) is 5.28. The second-order valence-corrected chi connectivity index (χ2v) is 5.98. The summed E-state index contributed by atoms with van der Waals surface area (Å²) in [4.78, 5) is 38.9. The molecule has 1 aromatic carbocycles. The topological polar surface area (TPSA) is 107 Å². The van der Waals surface area contributed by atoms with E-state index in [9.17, 15) is 14.4 Å². The van der Waals surface area contributed by atoms with Crippen LogP contribution in [-0.2, 0) is 14.3 Å². The maximum absolute atomic E-state index is 12.1. The fraction of sp³-hybridized carbons (Fsp3) is 0.176. The Labute approximate surface area is 164 Å². The molecule has 0 saturated carbocycles. The zero-order chi connectivity index (χ0) is 20.0. The maximum atomic E-state index is 12.1. The molecule has 0 atom stereocenters. The minimum atomic E-state index is -0.782. The van der Waals surface area contributed by atoms with Crippen molar-refractivity contribution in [3.05, 3.63) is 46.2 Å². The summed E-state index contributed by atoms with van der Waals surface area (Å²) in [5.74, 6) is -1.27. The number of amides is 2. The molecule has 0 unspecified atom stereocenters. The molecule has 0 spiro atoms. The number of hydrogen-bond acceptors (Lipinski definition) is 6. The second-order valence-electron chi connectivity index (χ2n) is 5.22. The summed E-state index contributed by atoms with van der Waals surface area (Å²) < 4.78 is 10.1. The standard InChI is InChI=1S/C17H15Cl2N3O5/c1-9(23)21-11-3-4-14(26-2)13(6-11)22-15(24)8-27-17(25)10-5-12(18)16(19)20-7-10/h3-7H,8H2,1-2H3,(H,21,23)(H,22,24). The Balaban J connectivity index is 2.01. The first-order valence-electron chi connectivity index (χ1n) is 7.53. The molecule has 0 radical (unpaired) electrons. The number of benzene rings is 1. The molecule has 10 heteroatoms. The number of esters is 1. The molecule has 0 saturated heterocycles. The van der Waals surface area contributed by atoms with Gasteiger partial charge >= 0.3 is 5.97 Å². The Morgan fingerprint density at radius 2 is 1.89 bits per heavy atom. The number of rotatable bonds is 6. The van der Waals surface area contributed by atoms with Crippen molar-refractivity contribution in [1.82, 2.24) is 4.98 Å². The Bertz CT molecular complexity index is 889. The lowest BCUT2D eigenvalue weighted by atomic mass is 10.2. The Morgan fingerprint density at radius 3 is 2.52 bits per heavy atom. The molecule has 2 rings (SSSR count). The minimum absolute atomic E-state index is 0.0529. The van der Waals surface area contributed by atoms with Crippen molar-refractivity contribution in [1.29, 1.82) is 0 Å². The number of methoxy groups -OCH3 is 1. The third-order valence-electron chi connectivity index (χ3n) is 3.16. The van der Waals surface area contributed by atoms with Gasteiger partial charge in [0.1, 0.15) is 10.9 Å². The normalized spacial score (nSPS) is 10.1. The van der Waals surface area contributed by atoms with Crippen LogP contribution in [0.1, 0.15) is 17.3 Å². The van der Waals surface area contributed by atoms with E-state index in [1.165, 1.54) is 32.4 Å². The first kappa shape index (κ1) is 20.5. The van der Waals surface area contributed by atoms with Gasteiger partial charge in [0.05, 0.1) is 23.4 Å². The van der Waals surface area contributed by atoms with E-state index in [-0.39, 0.29) is 21.6 Å². The first-order chi connectivity index (χ1) is 12.8. The molecule has 1 aromatic heterocycles. The molecule has 142 valence electrons. The average molecular weight is 412 g/mol. The number of halogens is 2. The molecule has 1 heterocycles. The monoisotopic (exact) mass is 411 g/mol. The summed E-state index contributed by atoms with van der Waals surface area (Å²) in [6, 6.07) is 6.00. The Hall–Kier alpha value is -2.84. The summed E-state index contributed by atoms with van der Waals surface area (Å²) in [6.45, 7) is 0.812. The lowest BCUT2D eigenvalue weighted by molar-refractivity contribution is -0.119. The largest absolute Gasteiger partial charge is 0.495 e. The van der Waals surface area contributed by atoms with E-state index in [2.05, 4.69) is 15.6 Å². The molecule has 0 aliphatic carbocycles. The highest BCUT2D eigenvalue weighted by molar-refractivity contribution is 6.41. The molecule has 2 amide bonds. The first-order valence-corrected chi connectivity index (χ1v) is 8.29. The van der Waals surface area contributed by atoms with Crippen molar-refractivity contribution >= 4 is 52.4 Å². The van der Waals surface area contributed by atoms with Crippen LogP contribution in [0.15, 0.2) is 30.5 Å². The average Bonchev–Trinajstić information content (AvgIpc) is 2.61. The van der Waals surface area contributed by atoms with Crippen LogP contribution in [0.4, 0.5) is 11.4 Å². The quantitative estimate of drug-likeness (QED) is 0.558. The minimum Gasteiger partial charge on any atom is -0.495 e. The van der Waals surface area contributed by atoms with Crippen molar-refractivity contribution in [3.63, 3.8) is 0 Å². The van der Waals surface area contributed by atoms with Gasteiger partial charge in [0.2, 0.25) is 5.91 Å². The van der Waals surface area contributed by atoms with Crippen LogP contribution in [0.3, 0.4) is 0 Å². The van der Waals surface area contributed by atoms with Crippen LogP contribution in [0.2, 0.25) is 10.2 Å². The van der Waals surface area contributed by atoms with E-state index in [1.807, 2.05) is 0 Å². The van der Waals surface area contributed by atoms with Gasteiger partial charge in [-0.3, -0.25) is 9.59 Å². The number of aromatic nitrogens is 1. The lowest BCUT2D eigenvalue weighted by Gasteiger charge is -2.12. The molecule has 0 bridgehead atoms. The molecular weight excluding hydrogens is 397 g/mol. The van der Waals surface area contributed by atoms with E-state index in [0.29, 0.717) is 17.1 Å².